The molecule has 27 heavy (non-hydrogen) atoms. The van der Waals surface area contributed by atoms with Crippen LogP contribution in [0.3, 0.4) is 0 Å². The molecule has 1 aliphatic rings. The number of aliphatic hydroxyl groups is 1. The van der Waals surface area contributed by atoms with Crippen LogP contribution >= 0.6 is 0 Å². The number of fused-ring (bicyclic) bond motifs is 1. The van der Waals surface area contributed by atoms with Gasteiger partial charge in [-0.3, -0.25) is 4.79 Å². The Morgan fingerprint density at radius 2 is 1.93 bits per heavy atom. The van der Waals surface area contributed by atoms with Gasteiger partial charge in [0.25, 0.3) is 0 Å². The van der Waals surface area contributed by atoms with Gasteiger partial charge < -0.3 is 10.4 Å². The zero-order valence-electron chi connectivity index (χ0n) is 13.9. The Kier molecular flexibility index (Phi) is 5.14. The second-order valence-corrected chi connectivity index (χ2v) is 6.25. The van der Waals surface area contributed by atoms with Crippen LogP contribution in [0, 0.1) is 11.8 Å². The first-order chi connectivity index (χ1) is 12.7. The SMILES string of the molecule is O=C(NCc1cccc(C(F)(F)F)c1F)[C@H]1CC[C@H](O)c2nc(F)ccc21. The third kappa shape index (κ3) is 3.92. The Balaban J connectivity index is 1.77. The fourth-order valence-electron chi connectivity index (χ4n) is 3.15. The van der Waals surface area contributed by atoms with E-state index in [-0.39, 0.29) is 24.1 Å². The van der Waals surface area contributed by atoms with E-state index in [1.807, 2.05) is 0 Å². The molecule has 0 saturated carbocycles. The lowest BCUT2D eigenvalue weighted by Crippen LogP contribution is -2.32. The number of nitrogens with zero attached hydrogens (tertiary/aromatic N) is 1. The maximum absolute atomic E-state index is 14.0. The van der Waals surface area contributed by atoms with Crippen molar-refractivity contribution >= 4 is 5.91 Å². The number of alkyl halides is 3. The molecule has 1 amide bonds. The van der Waals surface area contributed by atoms with Crippen LogP contribution in [0.15, 0.2) is 30.3 Å². The molecule has 0 unspecified atom stereocenters. The Hall–Kier alpha value is -2.55. The molecular weight excluding hydrogens is 371 g/mol. The number of halogens is 5. The van der Waals surface area contributed by atoms with Crippen LogP contribution in [0.5, 0.6) is 0 Å². The molecule has 2 N–H and O–H groups in total. The van der Waals surface area contributed by atoms with Crippen LogP contribution in [-0.4, -0.2) is 16.0 Å². The molecule has 9 heteroatoms. The fraction of sp³-hybridized carbons (Fsp3) is 0.333. The van der Waals surface area contributed by atoms with Crippen molar-refractivity contribution in [2.24, 2.45) is 0 Å². The first-order valence-electron chi connectivity index (χ1n) is 8.15. The summed E-state index contributed by atoms with van der Waals surface area (Å²) in [6.45, 7) is -0.433. The Bertz CT molecular complexity index is 869. The summed E-state index contributed by atoms with van der Waals surface area (Å²) in [4.78, 5) is 16.1. The van der Waals surface area contributed by atoms with Gasteiger partial charge in [-0.15, -0.1) is 0 Å². The van der Waals surface area contributed by atoms with Crippen LogP contribution < -0.4 is 5.32 Å². The molecule has 1 heterocycles. The molecule has 3 rings (SSSR count). The fourth-order valence-corrected chi connectivity index (χ4v) is 3.15. The van der Waals surface area contributed by atoms with E-state index in [4.69, 9.17) is 0 Å². The van der Waals surface area contributed by atoms with Gasteiger partial charge in [0.15, 0.2) is 0 Å². The zero-order chi connectivity index (χ0) is 19.8. The van der Waals surface area contributed by atoms with Crippen LogP contribution in [0.25, 0.3) is 0 Å². The number of nitrogens with one attached hydrogen (secondary N) is 1. The molecule has 0 aliphatic heterocycles. The van der Waals surface area contributed by atoms with E-state index in [9.17, 15) is 31.9 Å². The third-order valence-corrected chi connectivity index (χ3v) is 4.50. The maximum Gasteiger partial charge on any atom is 0.419 e. The van der Waals surface area contributed by atoms with Crippen molar-refractivity contribution in [1.29, 1.82) is 0 Å². The van der Waals surface area contributed by atoms with Gasteiger partial charge in [-0.1, -0.05) is 18.2 Å². The molecule has 0 bridgehead atoms. The van der Waals surface area contributed by atoms with Gasteiger partial charge in [0, 0.05) is 12.1 Å². The highest BCUT2D eigenvalue weighted by molar-refractivity contribution is 5.84. The number of rotatable bonds is 3. The number of aromatic nitrogens is 1. The molecule has 0 saturated heterocycles. The van der Waals surface area contributed by atoms with Crippen LogP contribution in [0.1, 0.15) is 47.2 Å². The quantitative estimate of drug-likeness (QED) is 0.626. The smallest absolute Gasteiger partial charge is 0.387 e. The van der Waals surface area contributed by atoms with Crippen molar-refractivity contribution < 1.29 is 31.9 Å². The second-order valence-electron chi connectivity index (χ2n) is 6.25. The molecule has 1 aliphatic carbocycles. The monoisotopic (exact) mass is 386 g/mol. The summed E-state index contributed by atoms with van der Waals surface area (Å²) in [6.07, 6.45) is -5.41. The number of carbonyl (C=O) groups is 1. The largest absolute Gasteiger partial charge is 0.419 e. The maximum atomic E-state index is 14.0. The van der Waals surface area contributed by atoms with Gasteiger partial charge >= 0.3 is 6.18 Å². The first kappa shape index (κ1) is 19.2. The first-order valence-corrected chi connectivity index (χ1v) is 8.15. The molecule has 0 spiro atoms. The van der Waals surface area contributed by atoms with Gasteiger partial charge in [-0.2, -0.15) is 17.6 Å². The van der Waals surface area contributed by atoms with Gasteiger partial charge in [-0.05, 0) is 30.5 Å². The Labute approximate surface area is 151 Å². The standard InChI is InChI=1S/C18H15F5N2O2/c19-14-7-5-10-11(4-6-13(26)16(10)25-14)17(27)24-8-9-2-1-3-12(15(9)20)18(21,22)23/h1-3,5,7,11,13,26H,4,6,8H2,(H,24,27)/t11-,13-/m0/s1. The normalized spacial score (nSPS) is 19.5. The highest BCUT2D eigenvalue weighted by atomic mass is 19.4. The van der Waals surface area contributed by atoms with Crippen molar-refractivity contribution in [3.8, 4) is 0 Å². The molecule has 144 valence electrons. The predicted molar refractivity (Wildman–Crippen MR) is 84.4 cm³/mol. The zero-order valence-corrected chi connectivity index (χ0v) is 13.9. The van der Waals surface area contributed by atoms with Gasteiger partial charge in [0.1, 0.15) is 5.82 Å². The molecule has 2 aromatic rings. The average molecular weight is 386 g/mol. The minimum Gasteiger partial charge on any atom is -0.387 e. The van der Waals surface area contributed by atoms with E-state index in [0.717, 1.165) is 18.2 Å². The third-order valence-electron chi connectivity index (χ3n) is 4.50. The topological polar surface area (TPSA) is 62.2 Å². The number of pyridine rings is 1. The predicted octanol–water partition coefficient (Wildman–Crippen LogP) is 3.61. The molecular formula is C18H15F5N2O2. The molecule has 1 aromatic carbocycles. The van der Waals surface area contributed by atoms with Crippen molar-refractivity contribution in [1.82, 2.24) is 10.3 Å². The van der Waals surface area contributed by atoms with Crippen LogP contribution in [-0.2, 0) is 17.5 Å². The van der Waals surface area contributed by atoms with E-state index in [1.54, 1.807) is 0 Å². The summed E-state index contributed by atoms with van der Waals surface area (Å²) in [5.74, 6) is -3.55. The van der Waals surface area contributed by atoms with Crippen LogP contribution in [0.2, 0.25) is 0 Å². The van der Waals surface area contributed by atoms with E-state index in [1.165, 1.54) is 6.07 Å². The second kappa shape index (κ2) is 7.22. The summed E-state index contributed by atoms with van der Waals surface area (Å²) in [7, 11) is 0. The van der Waals surface area contributed by atoms with Crippen molar-refractivity contribution in [2.45, 2.75) is 37.6 Å². The van der Waals surface area contributed by atoms with Gasteiger partial charge in [0.2, 0.25) is 11.9 Å². The Morgan fingerprint density at radius 1 is 1.19 bits per heavy atom. The minimum atomic E-state index is -4.84. The summed E-state index contributed by atoms with van der Waals surface area (Å²) < 4.78 is 65.6. The molecule has 1 aromatic heterocycles. The molecule has 0 fully saturated rings. The highest BCUT2D eigenvalue weighted by Crippen LogP contribution is 2.37. The van der Waals surface area contributed by atoms with Crippen molar-refractivity contribution in [3.05, 3.63) is 64.5 Å². The van der Waals surface area contributed by atoms with Gasteiger partial charge in [-0.25, -0.2) is 9.37 Å². The number of hydrogen-bond acceptors (Lipinski definition) is 3. The summed E-state index contributed by atoms with van der Waals surface area (Å²) in [6, 6.07) is 5.24. The molecule has 2 atom stereocenters. The number of aliphatic hydroxyl groups excluding tert-OH is 1. The highest BCUT2D eigenvalue weighted by Gasteiger charge is 2.35. The molecule has 0 radical (unpaired) electrons. The summed E-state index contributed by atoms with van der Waals surface area (Å²) in [5.41, 5.74) is -1.30. The lowest BCUT2D eigenvalue weighted by molar-refractivity contribution is -0.140. The molecule has 4 nitrogen and oxygen atoms in total. The number of carbonyl (C=O) groups excluding carboxylic acids is 1. The van der Waals surface area contributed by atoms with Crippen LogP contribution in [0.4, 0.5) is 22.0 Å². The lowest BCUT2D eigenvalue weighted by atomic mass is 9.83. The van der Waals surface area contributed by atoms with E-state index in [2.05, 4.69) is 10.3 Å². The summed E-state index contributed by atoms with van der Waals surface area (Å²) >= 11 is 0. The minimum absolute atomic E-state index is 0.0617. The van der Waals surface area contributed by atoms with E-state index in [0.29, 0.717) is 11.6 Å². The van der Waals surface area contributed by atoms with Gasteiger partial charge in [0.05, 0.1) is 23.3 Å². The lowest BCUT2D eigenvalue weighted by Gasteiger charge is -2.27. The number of benzene rings is 1. The number of hydrogen-bond donors (Lipinski definition) is 2. The van der Waals surface area contributed by atoms with E-state index >= 15 is 0 Å². The van der Waals surface area contributed by atoms with E-state index < -0.39 is 48.0 Å². The Morgan fingerprint density at radius 3 is 2.63 bits per heavy atom. The average Bonchev–Trinajstić information content (AvgIpc) is 2.60. The van der Waals surface area contributed by atoms with Crippen molar-refractivity contribution in [2.75, 3.05) is 0 Å². The summed E-state index contributed by atoms with van der Waals surface area (Å²) in [5, 5.41) is 12.3. The van der Waals surface area contributed by atoms with Crippen molar-refractivity contribution in [3.63, 3.8) is 0 Å². The number of amides is 1.